The Morgan fingerprint density at radius 2 is 2.17 bits per heavy atom. The fourth-order valence-corrected chi connectivity index (χ4v) is 6.62. The highest BCUT2D eigenvalue weighted by Gasteiger charge is 2.25. The zero-order chi connectivity index (χ0) is 21.3. The van der Waals surface area contributed by atoms with E-state index in [-0.39, 0.29) is 17.6 Å². The van der Waals surface area contributed by atoms with Gasteiger partial charge >= 0.3 is 0 Å². The van der Waals surface area contributed by atoms with E-state index in [4.69, 9.17) is 9.72 Å². The van der Waals surface area contributed by atoms with Gasteiger partial charge < -0.3 is 9.64 Å². The van der Waals surface area contributed by atoms with Crippen LogP contribution in [0.2, 0.25) is 0 Å². The monoisotopic (exact) mass is 449 g/mol. The van der Waals surface area contributed by atoms with Crippen molar-refractivity contribution in [2.75, 3.05) is 25.4 Å². The fraction of sp³-hybridized carbons (Fsp3) is 0.682. The van der Waals surface area contributed by atoms with Crippen LogP contribution in [0, 0.1) is 12.8 Å². The van der Waals surface area contributed by atoms with Gasteiger partial charge in [0.05, 0.1) is 23.8 Å². The molecular formula is C22H31N3O3S2. The molecule has 8 heteroatoms. The lowest BCUT2D eigenvalue weighted by molar-refractivity contribution is -0.130. The molecule has 0 spiro atoms. The topological polar surface area (TPSA) is 64.4 Å². The highest BCUT2D eigenvalue weighted by Crippen LogP contribution is 2.30. The number of ether oxygens (including phenoxy) is 1. The summed E-state index contributed by atoms with van der Waals surface area (Å²) in [7, 11) is 0. The maximum atomic E-state index is 13.5. The summed E-state index contributed by atoms with van der Waals surface area (Å²) >= 11 is 2.98. The van der Waals surface area contributed by atoms with E-state index < -0.39 is 0 Å². The van der Waals surface area contributed by atoms with Crippen LogP contribution in [0.3, 0.4) is 0 Å². The quantitative estimate of drug-likeness (QED) is 0.495. The molecule has 4 heterocycles. The maximum Gasteiger partial charge on any atom is 0.263 e. The van der Waals surface area contributed by atoms with Crippen LogP contribution in [0.5, 0.6) is 0 Å². The van der Waals surface area contributed by atoms with Crippen molar-refractivity contribution in [3.05, 3.63) is 20.8 Å². The van der Waals surface area contributed by atoms with E-state index in [1.807, 2.05) is 4.90 Å². The third-order valence-electron chi connectivity index (χ3n) is 6.18. The minimum Gasteiger partial charge on any atom is -0.376 e. The number of likely N-dealkylation sites (tertiary alicyclic amines) is 1. The first-order chi connectivity index (χ1) is 14.5. The Labute approximate surface area is 186 Å². The second-order valence-corrected chi connectivity index (χ2v) is 10.6. The van der Waals surface area contributed by atoms with E-state index >= 15 is 0 Å². The fourth-order valence-electron chi connectivity index (χ4n) is 4.55. The molecule has 2 aromatic heterocycles. The summed E-state index contributed by atoms with van der Waals surface area (Å²) < 4.78 is 7.57. The van der Waals surface area contributed by atoms with E-state index in [0.717, 1.165) is 66.0 Å². The van der Waals surface area contributed by atoms with E-state index in [9.17, 15) is 9.59 Å². The lowest BCUT2D eigenvalue weighted by atomic mass is 10.0. The molecule has 2 fully saturated rings. The number of carbonyl (C=O) groups excluding carboxylic acids is 1. The van der Waals surface area contributed by atoms with Gasteiger partial charge in [0, 0.05) is 24.6 Å². The Morgan fingerprint density at radius 3 is 2.87 bits per heavy atom. The predicted molar refractivity (Wildman–Crippen MR) is 123 cm³/mol. The number of aryl methyl sites for hydroxylation is 2. The standard InChI is InChI=1S/C22H31N3O3S2/c1-4-17-15(3)30-20-19(17)21(27)25(12-16-8-6-10-28-16)22(23-20)29-13-18(26)24-9-5-7-14(2)11-24/h14,16H,4-13H2,1-3H3. The molecule has 0 aromatic carbocycles. The van der Waals surface area contributed by atoms with Crippen LogP contribution in [0.25, 0.3) is 10.2 Å². The van der Waals surface area contributed by atoms with E-state index in [2.05, 4.69) is 20.8 Å². The van der Waals surface area contributed by atoms with Gasteiger partial charge in [0.2, 0.25) is 5.91 Å². The number of carbonyl (C=O) groups is 1. The number of hydrogen-bond acceptors (Lipinski definition) is 6. The molecule has 6 nitrogen and oxygen atoms in total. The average Bonchev–Trinajstić information content (AvgIpc) is 3.35. The Bertz CT molecular complexity index is 978. The number of hydrogen-bond donors (Lipinski definition) is 0. The molecular weight excluding hydrogens is 418 g/mol. The molecule has 0 radical (unpaired) electrons. The molecule has 1 amide bonds. The van der Waals surface area contributed by atoms with Gasteiger partial charge in [-0.25, -0.2) is 4.98 Å². The van der Waals surface area contributed by atoms with Crippen LogP contribution in [0.4, 0.5) is 0 Å². The molecule has 2 unspecified atom stereocenters. The summed E-state index contributed by atoms with van der Waals surface area (Å²) in [6.45, 7) is 9.27. The van der Waals surface area contributed by atoms with Gasteiger partial charge in [-0.2, -0.15) is 0 Å². The summed E-state index contributed by atoms with van der Waals surface area (Å²) in [4.78, 5) is 35.0. The van der Waals surface area contributed by atoms with Gasteiger partial charge in [0.15, 0.2) is 5.16 Å². The van der Waals surface area contributed by atoms with Gasteiger partial charge in [-0.3, -0.25) is 14.2 Å². The normalized spacial score (nSPS) is 22.2. The first-order valence-corrected chi connectivity index (χ1v) is 12.8. The van der Waals surface area contributed by atoms with Gasteiger partial charge in [-0.05, 0) is 50.5 Å². The molecule has 0 aliphatic carbocycles. The number of amides is 1. The lowest BCUT2D eigenvalue weighted by Crippen LogP contribution is -2.40. The number of fused-ring (bicyclic) bond motifs is 1. The van der Waals surface area contributed by atoms with Gasteiger partial charge in [0.25, 0.3) is 5.56 Å². The number of thioether (sulfide) groups is 1. The molecule has 30 heavy (non-hydrogen) atoms. The van der Waals surface area contributed by atoms with Gasteiger partial charge in [-0.15, -0.1) is 11.3 Å². The van der Waals surface area contributed by atoms with Crippen molar-refractivity contribution < 1.29 is 9.53 Å². The van der Waals surface area contributed by atoms with Crippen LogP contribution in [0.1, 0.15) is 50.0 Å². The Balaban J connectivity index is 1.63. The molecule has 2 aromatic rings. The Morgan fingerprint density at radius 1 is 1.33 bits per heavy atom. The molecule has 2 aliphatic rings. The zero-order valence-electron chi connectivity index (χ0n) is 18.1. The third-order valence-corrected chi connectivity index (χ3v) is 8.18. The first kappa shape index (κ1) is 21.8. The van der Waals surface area contributed by atoms with Crippen molar-refractivity contribution in [3.63, 3.8) is 0 Å². The highest BCUT2D eigenvalue weighted by molar-refractivity contribution is 7.99. The summed E-state index contributed by atoms with van der Waals surface area (Å²) in [6.07, 6.45) is 5.11. The van der Waals surface area contributed by atoms with Crippen LogP contribution >= 0.6 is 23.1 Å². The molecule has 0 N–H and O–H groups in total. The van der Waals surface area contributed by atoms with E-state index in [1.165, 1.54) is 18.2 Å². The minimum atomic E-state index is 0.0123. The Kier molecular flexibility index (Phi) is 6.85. The molecule has 164 valence electrons. The Hall–Kier alpha value is -1.38. The molecule has 2 atom stereocenters. The number of rotatable bonds is 6. The predicted octanol–water partition coefficient (Wildman–Crippen LogP) is 3.86. The highest BCUT2D eigenvalue weighted by atomic mass is 32.2. The summed E-state index contributed by atoms with van der Waals surface area (Å²) in [6, 6.07) is 0. The van der Waals surface area contributed by atoms with Crippen molar-refractivity contribution in [2.24, 2.45) is 5.92 Å². The summed E-state index contributed by atoms with van der Waals surface area (Å²) in [5.74, 6) is 1.02. The van der Waals surface area contributed by atoms with Crippen LogP contribution < -0.4 is 5.56 Å². The van der Waals surface area contributed by atoms with Crippen molar-refractivity contribution >= 4 is 39.2 Å². The van der Waals surface area contributed by atoms with Gasteiger partial charge in [0.1, 0.15) is 4.83 Å². The minimum absolute atomic E-state index is 0.0123. The SMILES string of the molecule is CCc1c(C)sc2nc(SCC(=O)N3CCCC(C)C3)n(CC3CCCO3)c(=O)c12. The first-order valence-electron chi connectivity index (χ1n) is 11.0. The van der Waals surface area contributed by atoms with E-state index in [1.54, 1.807) is 15.9 Å². The second-order valence-electron chi connectivity index (χ2n) is 8.49. The number of thiophene rings is 1. The van der Waals surface area contributed by atoms with Crippen LogP contribution in [-0.4, -0.2) is 51.9 Å². The molecule has 0 saturated carbocycles. The van der Waals surface area contributed by atoms with Crippen molar-refractivity contribution in [1.29, 1.82) is 0 Å². The molecule has 4 rings (SSSR count). The number of piperidine rings is 1. The number of nitrogens with zero attached hydrogens (tertiary/aromatic N) is 3. The van der Waals surface area contributed by atoms with Crippen molar-refractivity contribution in [2.45, 2.75) is 70.7 Å². The van der Waals surface area contributed by atoms with Gasteiger partial charge in [-0.1, -0.05) is 25.6 Å². The zero-order valence-corrected chi connectivity index (χ0v) is 19.7. The smallest absolute Gasteiger partial charge is 0.263 e. The molecule has 2 saturated heterocycles. The van der Waals surface area contributed by atoms with Crippen LogP contribution in [-0.2, 0) is 22.5 Å². The largest absolute Gasteiger partial charge is 0.376 e. The van der Waals surface area contributed by atoms with Crippen molar-refractivity contribution in [3.8, 4) is 0 Å². The average molecular weight is 450 g/mol. The third kappa shape index (κ3) is 4.46. The second kappa shape index (κ2) is 9.40. The van der Waals surface area contributed by atoms with Crippen LogP contribution in [0.15, 0.2) is 9.95 Å². The number of aromatic nitrogens is 2. The molecule has 2 aliphatic heterocycles. The van der Waals surface area contributed by atoms with E-state index in [0.29, 0.717) is 23.4 Å². The summed E-state index contributed by atoms with van der Waals surface area (Å²) in [5, 5.41) is 1.39. The lowest BCUT2D eigenvalue weighted by Gasteiger charge is -2.30. The van der Waals surface area contributed by atoms with Crippen molar-refractivity contribution in [1.82, 2.24) is 14.5 Å². The maximum absolute atomic E-state index is 13.5. The molecule has 0 bridgehead atoms. The summed E-state index contributed by atoms with van der Waals surface area (Å²) in [5.41, 5.74) is 1.11.